The zero-order valence-corrected chi connectivity index (χ0v) is 19.1. The summed E-state index contributed by atoms with van der Waals surface area (Å²) in [7, 11) is -3.66. The fraction of sp³-hybridized carbons (Fsp3) is 0.348. The first kappa shape index (κ1) is 22.2. The maximum atomic E-state index is 13.0. The highest BCUT2D eigenvalue weighted by atomic mass is 32.2. The Balaban J connectivity index is 1.45. The Hall–Kier alpha value is -3.04. The molecule has 1 aromatic heterocycles. The monoisotopic (exact) mass is 454 g/mol. The number of sulfonamides is 1. The minimum Gasteiger partial charge on any atom is -0.403 e. The number of rotatable bonds is 5. The number of hydrogen-bond donors (Lipinski definition) is 1. The smallest absolute Gasteiger partial charge is 0.322 e. The molecule has 1 aliphatic heterocycles. The van der Waals surface area contributed by atoms with E-state index >= 15 is 0 Å². The van der Waals surface area contributed by atoms with Crippen LogP contribution in [-0.4, -0.2) is 41.9 Å². The second-order valence-electron chi connectivity index (χ2n) is 8.24. The third-order valence-electron chi connectivity index (χ3n) is 5.68. The molecule has 168 valence electrons. The number of nitrogens with zero attached hydrogens (tertiary/aromatic N) is 3. The van der Waals surface area contributed by atoms with Crippen LogP contribution in [0, 0.1) is 26.7 Å². The quantitative estimate of drug-likeness (QED) is 0.630. The number of anilines is 1. The summed E-state index contributed by atoms with van der Waals surface area (Å²) < 4.78 is 33.0. The Morgan fingerprint density at radius 2 is 1.78 bits per heavy atom. The van der Waals surface area contributed by atoms with Gasteiger partial charge in [0, 0.05) is 18.7 Å². The highest BCUT2D eigenvalue weighted by molar-refractivity contribution is 7.89. The van der Waals surface area contributed by atoms with Gasteiger partial charge in [0.2, 0.25) is 21.8 Å². The average molecular weight is 455 g/mol. The largest absolute Gasteiger partial charge is 0.403 e. The third-order valence-corrected chi connectivity index (χ3v) is 7.56. The molecule has 0 radical (unpaired) electrons. The molecule has 1 aliphatic rings. The van der Waals surface area contributed by atoms with E-state index in [1.165, 1.54) is 4.31 Å². The van der Waals surface area contributed by atoms with Gasteiger partial charge in [0.25, 0.3) is 0 Å². The standard InChI is InChI=1S/C23H26N4O4S/c1-15-6-9-19(10-7-15)32(29,30)27-12-4-5-18(14-27)21(28)24-23-26-25-22(31-23)20-11-8-16(2)13-17(20)3/h6-11,13,18H,4-5,12,14H2,1-3H3,(H,24,26,28). The lowest BCUT2D eigenvalue weighted by Gasteiger charge is -2.30. The number of amides is 1. The summed E-state index contributed by atoms with van der Waals surface area (Å²) in [6, 6.07) is 12.6. The molecule has 1 N–H and O–H groups in total. The van der Waals surface area contributed by atoms with Crippen LogP contribution in [0.15, 0.2) is 51.8 Å². The summed E-state index contributed by atoms with van der Waals surface area (Å²) >= 11 is 0. The molecule has 9 heteroatoms. The molecule has 1 unspecified atom stereocenters. The molecule has 32 heavy (non-hydrogen) atoms. The van der Waals surface area contributed by atoms with Crippen molar-refractivity contribution in [3.63, 3.8) is 0 Å². The number of nitrogens with one attached hydrogen (secondary N) is 1. The predicted molar refractivity (Wildman–Crippen MR) is 120 cm³/mol. The van der Waals surface area contributed by atoms with E-state index in [9.17, 15) is 13.2 Å². The van der Waals surface area contributed by atoms with Gasteiger partial charge in [0.05, 0.1) is 10.8 Å². The maximum absolute atomic E-state index is 13.0. The van der Waals surface area contributed by atoms with Crippen molar-refractivity contribution in [2.75, 3.05) is 18.4 Å². The summed E-state index contributed by atoms with van der Waals surface area (Å²) in [4.78, 5) is 13.1. The third kappa shape index (κ3) is 4.58. The molecule has 3 aromatic rings. The van der Waals surface area contributed by atoms with Crippen LogP contribution in [0.4, 0.5) is 6.01 Å². The highest BCUT2D eigenvalue weighted by Crippen LogP contribution is 2.27. The molecule has 0 aliphatic carbocycles. The van der Waals surface area contributed by atoms with Gasteiger partial charge in [-0.1, -0.05) is 40.5 Å². The van der Waals surface area contributed by atoms with Crippen LogP contribution in [0.3, 0.4) is 0 Å². The molecule has 4 rings (SSSR count). The number of carbonyl (C=O) groups is 1. The number of piperidine rings is 1. The summed E-state index contributed by atoms with van der Waals surface area (Å²) in [5.74, 6) is -0.505. The molecule has 1 amide bonds. The van der Waals surface area contributed by atoms with E-state index in [2.05, 4.69) is 15.5 Å². The molecular formula is C23H26N4O4S. The normalized spacial score (nSPS) is 17.3. The summed E-state index contributed by atoms with van der Waals surface area (Å²) in [6.07, 6.45) is 1.19. The summed E-state index contributed by atoms with van der Waals surface area (Å²) in [6.45, 7) is 6.36. The van der Waals surface area contributed by atoms with E-state index < -0.39 is 15.9 Å². The van der Waals surface area contributed by atoms with E-state index in [0.29, 0.717) is 25.3 Å². The highest BCUT2D eigenvalue weighted by Gasteiger charge is 2.33. The lowest BCUT2D eigenvalue weighted by molar-refractivity contribution is -0.121. The van der Waals surface area contributed by atoms with Crippen molar-refractivity contribution in [3.05, 3.63) is 59.2 Å². The molecule has 0 saturated carbocycles. The molecular weight excluding hydrogens is 428 g/mol. The summed E-state index contributed by atoms with van der Waals surface area (Å²) in [5.41, 5.74) is 3.91. The minimum atomic E-state index is -3.66. The van der Waals surface area contributed by atoms with Crippen LogP contribution in [0.25, 0.3) is 11.5 Å². The first-order valence-corrected chi connectivity index (χ1v) is 12.0. The van der Waals surface area contributed by atoms with Gasteiger partial charge in [-0.25, -0.2) is 8.42 Å². The van der Waals surface area contributed by atoms with E-state index in [4.69, 9.17) is 4.42 Å². The second-order valence-corrected chi connectivity index (χ2v) is 10.2. The molecule has 2 heterocycles. The van der Waals surface area contributed by atoms with Crippen molar-refractivity contribution in [2.24, 2.45) is 5.92 Å². The Morgan fingerprint density at radius 1 is 1.06 bits per heavy atom. The molecule has 1 saturated heterocycles. The molecule has 2 aromatic carbocycles. The van der Waals surface area contributed by atoms with Gasteiger partial charge < -0.3 is 4.42 Å². The number of hydrogen-bond acceptors (Lipinski definition) is 6. The van der Waals surface area contributed by atoms with E-state index in [-0.39, 0.29) is 23.4 Å². The Morgan fingerprint density at radius 3 is 2.50 bits per heavy atom. The predicted octanol–water partition coefficient (Wildman–Crippen LogP) is 3.70. The molecule has 1 atom stereocenters. The minimum absolute atomic E-state index is 0.00323. The van der Waals surface area contributed by atoms with E-state index in [1.807, 2.05) is 39.0 Å². The lowest BCUT2D eigenvalue weighted by Crippen LogP contribution is -2.43. The van der Waals surface area contributed by atoms with Crippen molar-refractivity contribution in [2.45, 2.75) is 38.5 Å². The number of aromatic nitrogens is 2. The van der Waals surface area contributed by atoms with E-state index in [0.717, 1.165) is 22.3 Å². The second kappa shape index (κ2) is 8.84. The molecule has 8 nitrogen and oxygen atoms in total. The topological polar surface area (TPSA) is 105 Å². The maximum Gasteiger partial charge on any atom is 0.322 e. The van der Waals surface area contributed by atoms with Crippen LogP contribution < -0.4 is 5.32 Å². The van der Waals surface area contributed by atoms with Crippen molar-refractivity contribution in [1.82, 2.24) is 14.5 Å². The Labute approximate surface area is 187 Å². The van der Waals surface area contributed by atoms with Gasteiger partial charge in [-0.3, -0.25) is 10.1 Å². The zero-order valence-electron chi connectivity index (χ0n) is 18.3. The van der Waals surface area contributed by atoms with Gasteiger partial charge in [0.15, 0.2) is 0 Å². The van der Waals surface area contributed by atoms with Crippen LogP contribution in [0.5, 0.6) is 0 Å². The zero-order chi connectivity index (χ0) is 22.9. The van der Waals surface area contributed by atoms with Crippen molar-refractivity contribution in [3.8, 4) is 11.5 Å². The van der Waals surface area contributed by atoms with Crippen LogP contribution in [0.1, 0.15) is 29.5 Å². The van der Waals surface area contributed by atoms with Gasteiger partial charge in [-0.05, 0) is 57.4 Å². The van der Waals surface area contributed by atoms with Gasteiger partial charge >= 0.3 is 6.01 Å². The molecule has 0 bridgehead atoms. The first-order valence-electron chi connectivity index (χ1n) is 10.5. The van der Waals surface area contributed by atoms with Crippen molar-refractivity contribution in [1.29, 1.82) is 0 Å². The van der Waals surface area contributed by atoms with E-state index in [1.54, 1.807) is 24.3 Å². The average Bonchev–Trinajstić information content (AvgIpc) is 3.22. The van der Waals surface area contributed by atoms with Crippen molar-refractivity contribution >= 4 is 21.9 Å². The fourth-order valence-corrected chi connectivity index (χ4v) is 5.40. The van der Waals surface area contributed by atoms with Crippen LogP contribution in [-0.2, 0) is 14.8 Å². The number of carbonyl (C=O) groups excluding carboxylic acids is 1. The van der Waals surface area contributed by atoms with Gasteiger partial charge in [-0.2, -0.15) is 4.31 Å². The molecule has 0 spiro atoms. The van der Waals surface area contributed by atoms with Crippen LogP contribution in [0.2, 0.25) is 0 Å². The lowest BCUT2D eigenvalue weighted by atomic mass is 9.99. The Kier molecular flexibility index (Phi) is 6.12. The first-order chi connectivity index (χ1) is 15.2. The summed E-state index contributed by atoms with van der Waals surface area (Å²) in [5, 5.41) is 10.6. The van der Waals surface area contributed by atoms with Crippen molar-refractivity contribution < 1.29 is 17.6 Å². The van der Waals surface area contributed by atoms with Gasteiger partial charge in [0.1, 0.15) is 0 Å². The fourth-order valence-electron chi connectivity index (χ4n) is 3.88. The number of benzene rings is 2. The Bertz CT molecular complexity index is 1240. The molecule has 1 fully saturated rings. The van der Waals surface area contributed by atoms with Crippen LogP contribution >= 0.6 is 0 Å². The van der Waals surface area contributed by atoms with Gasteiger partial charge in [-0.15, -0.1) is 5.10 Å². The number of aryl methyl sites for hydroxylation is 3. The SMILES string of the molecule is Cc1ccc(S(=O)(=O)N2CCCC(C(=O)Nc3nnc(-c4ccc(C)cc4C)o3)C2)cc1.